The number of aromatic amines is 2. The molecule has 140 valence electrons. The molecule has 7 heteroatoms. The number of aryl methyl sites for hydroxylation is 1. The number of carbonyl (C=O) groups excluding carboxylic acids is 1. The molecule has 0 saturated carbocycles. The minimum absolute atomic E-state index is 0.0821. The topological polar surface area (TPSA) is 86.5 Å². The molecule has 1 atom stereocenters. The number of aromatic nitrogens is 4. The fourth-order valence-corrected chi connectivity index (χ4v) is 4.14. The molecule has 3 heterocycles. The minimum atomic E-state index is -0.183. The maximum Gasteiger partial charge on any atom is 0.269 e. The highest BCUT2D eigenvalue weighted by Crippen LogP contribution is 2.37. The number of hydrogen-bond acceptors (Lipinski definition) is 3. The predicted octanol–water partition coefficient (Wildman–Crippen LogP) is 4.41. The fourth-order valence-electron chi connectivity index (χ4n) is 3.92. The highest BCUT2D eigenvalue weighted by molar-refractivity contribution is 6.35. The zero-order chi connectivity index (χ0) is 19.1. The van der Waals surface area contributed by atoms with Crippen molar-refractivity contribution in [3.8, 4) is 11.4 Å². The van der Waals surface area contributed by atoms with E-state index in [1.807, 2.05) is 30.3 Å². The highest BCUT2D eigenvalue weighted by Gasteiger charge is 2.27. The first-order valence-corrected chi connectivity index (χ1v) is 9.65. The van der Waals surface area contributed by atoms with Crippen molar-refractivity contribution in [3.05, 3.63) is 70.6 Å². The van der Waals surface area contributed by atoms with Gasteiger partial charge in [0.05, 0.1) is 22.3 Å². The number of rotatable bonds is 3. The first-order chi connectivity index (χ1) is 13.7. The Hall–Kier alpha value is -3.12. The van der Waals surface area contributed by atoms with Crippen molar-refractivity contribution in [1.29, 1.82) is 0 Å². The van der Waals surface area contributed by atoms with E-state index in [1.54, 1.807) is 12.3 Å². The summed E-state index contributed by atoms with van der Waals surface area (Å²) in [4.78, 5) is 20.5. The predicted molar refractivity (Wildman–Crippen MR) is 108 cm³/mol. The van der Waals surface area contributed by atoms with E-state index in [2.05, 4.69) is 31.5 Å². The Labute approximate surface area is 166 Å². The first kappa shape index (κ1) is 17.0. The van der Waals surface area contributed by atoms with Gasteiger partial charge in [0.2, 0.25) is 0 Å². The molecular formula is C21H18ClN5O. The van der Waals surface area contributed by atoms with Gasteiger partial charge in [-0.2, -0.15) is 5.10 Å². The Morgan fingerprint density at radius 3 is 2.96 bits per heavy atom. The van der Waals surface area contributed by atoms with Crippen LogP contribution in [0, 0.1) is 0 Å². The normalized spacial score (nSPS) is 16.1. The molecule has 3 N–H and O–H groups in total. The Kier molecular flexibility index (Phi) is 4.13. The molecular weight excluding hydrogens is 374 g/mol. The van der Waals surface area contributed by atoms with Crippen LogP contribution in [-0.2, 0) is 6.42 Å². The molecule has 1 amide bonds. The van der Waals surface area contributed by atoms with Crippen molar-refractivity contribution in [3.63, 3.8) is 0 Å². The van der Waals surface area contributed by atoms with E-state index in [9.17, 15) is 4.79 Å². The van der Waals surface area contributed by atoms with Crippen molar-refractivity contribution in [1.82, 2.24) is 25.5 Å². The molecule has 0 bridgehead atoms. The van der Waals surface area contributed by atoms with Crippen LogP contribution in [0.15, 0.2) is 48.7 Å². The molecule has 0 saturated heterocycles. The number of para-hydroxylation sites is 1. The van der Waals surface area contributed by atoms with E-state index >= 15 is 0 Å². The lowest BCUT2D eigenvalue weighted by atomic mass is 9.91. The van der Waals surface area contributed by atoms with Gasteiger partial charge in [-0.3, -0.25) is 14.9 Å². The molecule has 1 unspecified atom stereocenters. The van der Waals surface area contributed by atoms with Crippen molar-refractivity contribution in [2.45, 2.75) is 25.3 Å². The van der Waals surface area contributed by atoms with Crippen LogP contribution in [0.3, 0.4) is 0 Å². The molecule has 1 aromatic carbocycles. The smallest absolute Gasteiger partial charge is 0.269 e. The van der Waals surface area contributed by atoms with Gasteiger partial charge in [0, 0.05) is 17.3 Å². The molecule has 0 spiro atoms. The highest BCUT2D eigenvalue weighted by atomic mass is 35.5. The summed E-state index contributed by atoms with van der Waals surface area (Å²) in [6.45, 7) is 0. The molecule has 0 fully saturated rings. The number of H-pyrrole nitrogens is 2. The molecule has 5 rings (SSSR count). The quantitative estimate of drug-likeness (QED) is 0.483. The van der Waals surface area contributed by atoms with E-state index in [4.69, 9.17) is 11.6 Å². The Bertz CT molecular complexity index is 1160. The van der Waals surface area contributed by atoms with Gasteiger partial charge in [-0.1, -0.05) is 29.8 Å². The van der Waals surface area contributed by atoms with Gasteiger partial charge in [-0.25, -0.2) is 0 Å². The lowest BCUT2D eigenvalue weighted by molar-refractivity contribution is 0.0927. The maximum absolute atomic E-state index is 12.8. The zero-order valence-electron chi connectivity index (χ0n) is 15.0. The molecule has 28 heavy (non-hydrogen) atoms. The summed E-state index contributed by atoms with van der Waals surface area (Å²) in [5.74, 6) is -0.183. The van der Waals surface area contributed by atoms with Gasteiger partial charge in [0.25, 0.3) is 5.91 Å². The van der Waals surface area contributed by atoms with Crippen LogP contribution < -0.4 is 5.32 Å². The third-order valence-corrected chi connectivity index (χ3v) is 5.56. The largest absolute Gasteiger partial charge is 0.355 e. The van der Waals surface area contributed by atoms with Crippen LogP contribution in [0.5, 0.6) is 0 Å². The second kappa shape index (κ2) is 6.80. The number of fused-ring (bicyclic) bond motifs is 3. The van der Waals surface area contributed by atoms with E-state index in [1.165, 1.54) is 5.56 Å². The van der Waals surface area contributed by atoms with E-state index in [-0.39, 0.29) is 11.9 Å². The summed E-state index contributed by atoms with van der Waals surface area (Å²) < 4.78 is 0. The van der Waals surface area contributed by atoms with Crippen molar-refractivity contribution in [2.24, 2.45) is 0 Å². The van der Waals surface area contributed by atoms with E-state index < -0.39 is 0 Å². The van der Waals surface area contributed by atoms with Crippen molar-refractivity contribution < 1.29 is 4.79 Å². The molecule has 0 radical (unpaired) electrons. The minimum Gasteiger partial charge on any atom is -0.355 e. The second-order valence-electron chi connectivity index (χ2n) is 6.98. The second-order valence-corrected chi connectivity index (χ2v) is 7.39. The van der Waals surface area contributed by atoms with Crippen LogP contribution in [0.4, 0.5) is 0 Å². The van der Waals surface area contributed by atoms with E-state index in [0.717, 1.165) is 41.6 Å². The van der Waals surface area contributed by atoms with Crippen LogP contribution in [-0.4, -0.2) is 26.1 Å². The lowest BCUT2D eigenvalue weighted by Gasteiger charge is -2.23. The van der Waals surface area contributed by atoms with Crippen LogP contribution in [0.25, 0.3) is 22.3 Å². The van der Waals surface area contributed by atoms with Gasteiger partial charge in [-0.05, 0) is 49.1 Å². The molecule has 3 aromatic heterocycles. The number of carbonyl (C=O) groups is 1. The van der Waals surface area contributed by atoms with Gasteiger partial charge in [0.15, 0.2) is 0 Å². The molecule has 6 nitrogen and oxygen atoms in total. The van der Waals surface area contributed by atoms with Crippen LogP contribution in [0.1, 0.15) is 40.6 Å². The number of halogens is 1. The van der Waals surface area contributed by atoms with Gasteiger partial charge in [-0.15, -0.1) is 0 Å². The summed E-state index contributed by atoms with van der Waals surface area (Å²) in [5, 5.41) is 12.0. The number of hydrogen-bond donors (Lipinski definition) is 3. The number of pyridine rings is 1. The fraction of sp³-hybridized carbons (Fsp3) is 0.190. The third kappa shape index (κ3) is 2.86. The van der Waals surface area contributed by atoms with E-state index in [0.29, 0.717) is 16.4 Å². The molecule has 1 aliphatic rings. The summed E-state index contributed by atoms with van der Waals surface area (Å²) in [7, 11) is 0. The standard InChI is InChI=1S/C21H18ClN5O/c22-14-7-3-5-12-13-6-4-9-16(20(13)25-19(12)14)24-21(28)18-11-17(26-27-18)15-8-1-2-10-23-15/h1-3,5,7-8,10-11,16,25H,4,6,9H2,(H,24,28)(H,26,27). The number of benzene rings is 1. The Morgan fingerprint density at radius 1 is 1.18 bits per heavy atom. The zero-order valence-corrected chi connectivity index (χ0v) is 15.8. The number of nitrogens with one attached hydrogen (secondary N) is 3. The van der Waals surface area contributed by atoms with Crippen molar-refractivity contribution in [2.75, 3.05) is 0 Å². The Balaban J connectivity index is 1.42. The van der Waals surface area contributed by atoms with Gasteiger partial charge >= 0.3 is 0 Å². The molecule has 1 aliphatic carbocycles. The SMILES string of the molecule is O=C(NC1CCCc2c1[nH]c1c(Cl)cccc21)c1cc(-c2ccccn2)n[nH]1. The summed E-state index contributed by atoms with van der Waals surface area (Å²) in [6.07, 6.45) is 4.58. The summed E-state index contributed by atoms with van der Waals surface area (Å²) >= 11 is 6.35. The number of amides is 1. The first-order valence-electron chi connectivity index (χ1n) is 9.27. The Morgan fingerprint density at radius 2 is 2.11 bits per heavy atom. The molecule has 0 aliphatic heterocycles. The average molecular weight is 392 g/mol. The lowest BCUT2D eigenvalue weighted by Crippen LogP contribution is -2.31. The van der Waals surface area contributed by atoms with Gasteiger partial charge < -0.3 is 10.3 Å². The van der Waals surface area contributed by atoms with Crippen molar-refractivity contribution >= 4 is 28.4 Å². The van der Waals surface area contributed by atoms with Crippen LogP contribution in [0.2, 0.25) is 5.02 Å². The summed E-state index contributed by atoms with van der Waals surface area (Å²) in [5.41, 5.74) is 5.02. The monoisotopic (exact) mass is 391 g/mol. The third-order valence-electron chi connectivity index (χ3n) is 5.25. The molecule has 4 aromatic rings. The van der Waals surface area contributed by atoms with Gasteiger partial charge in [0.1, 0.15) is 11.4 Å². The van der Waals surface area contributed by atoms with Crippen LogP contribution >= 0.6 is 11.6 Å². The number of nitrogens with zero attached hydrogens (tertiary/aromatic N) is 2. The average Bonchev–Trinajstić information content (AvgIpc) is 3.35. The maximum atomic E-state index is 12.8. The summed E-state index contributed by atoms with van der Waals surface area (Å²) in [6, 6.07) is 13.2.